The Balaban J connectivity index is 1.26. The molecule has 256 valence electrons. The van der Waals surface area contributed by atoms with Gasteiger partial charge in [-0.2, -0.15) is 10.5 Å². The van der Waals surface area contributed by atoms with Crippen LogP contribution in [0.15, 0.2) is 91.0 Å². The molecule has 0 spiro atoms. The topological polar surface area (TPSA) is 52.0 Å². The molecule has 0 amide bonds. The molecule has 2 unspecified atom stereocenters. The third kappa shape index (κ3) is 3.40. The Kier molecular flexibility index (Phi) is 5.47. The molecule has 0 aliphatic heterocycles. The van der Waals surface area contributed by atoms with Crippen LogP contribution in [-0.2, 0) is 0 Å². The second-order valence-electron chi connectivity index (χ2n) is 17.5. The monoisotopic (exact) mass is 691 g/mol. The summed E-state index contributed by atoms with van der Waals surface area (Å²) in [5, 5.41) is 27.2. The van der Waals surface area contributed by atoms with Gasteiger partial charge in [-0.25, -0.2) is 0 Å². The molecule has 0 saturated heterocycles. The quantitative estimate of drug-likeness (QED) is 0.172. The standard InChI is InChI=1S/C51H37N3/c1-25-8-7-9-26(2)42(25)31-19-38-48-40(21-32(23-52)43-29-15-27-14-28(16-29)18-30(17-27)44(43)48)54-41-22-33(24-53)45-46-34-10-3-5-12-36(34)47(37-13-6-4-11-35(37)46)50(45)49(41)39(20-31)51(38)54/h3-13,19-22,27-30,46-47H,14-18H2,1-2H3. The van der Waals surface area contributed by atoms with Gasteiger partial charge >= 0.3 is 0 Å². The minimum absolute atomic E-state index is 0.0121. The van der Waals surface area contributed by atoms with E-state index in [9.17, 15) is 10.5 Å². The minimum Gasteiger partial charge on any atom is -0.308 e. The highest BCUT2D eigenvalue weighted by Crippen LogP contribution is 2.62. The van der Waals surface area contributed by atoms with Crippen molar-refractivity contribution in [3.63, 3.8) is 0 Å². The Morgan fingerprint density at radius 3 is 1.56 bits per heavy atom. The van der Waals surface area contributed by atoms with Crippen LogP contribution < -0.4 is 0 Å². The van der Waals surface area contributed by atoms with Crippen LogP contribution in [0.1, 0.15) is 123 Å². The summed E-state index contributed by atoms with van der Waals surface area (Å²) in [5.41, 5.74) is 21.0. The van der Waals surface area contributed by atoms with E-state index in [0.29, 0.717) is 11.8 Å². The fraction of sp³-hybridized carbons (Fsp3) is 0.255. The average Bonchev–Trinajstić information content (AvgIpc) is 3.63. The molecule has 8 aromatic rings. The summed E-state index contributed by atoms with van der Waals surface area (Å²) in [5.74, 6) is 2.52. The lowest BCUT2D eigenvalue weighted by Gasteiger charge is -2.43. The summed E-state index contributed by atoms with van der Waals surface area (Å²) in [6.45, 7) is 4.50. The van der Waals surface area contributed by atoms with Gasteiger partial charge in [0.25, 0.3) is 0 Å². The molecule has 0 radical (unpaired) electrons. The number of hydrogen-bond donors (Lipinski definition) is 0. The summed E-state index contributed by atoms with van der Waals surface area (Å²) >= 11 is 0. The molecule has 54 heavy (non-hydrogen) atoms. The molecule has 2 saturated carbocycles. The Morgan fingerprint density at radius 1 is 0.537 bits per heavy atom. The highest BCUT2D eigenvalue weighted by atomic mass is 14.9. The van der Waals surface area contributed by atoms with Crippen molar-refractivity contribution in [3.8, 4) is 23.3 Å². The van der Waals surface area contributed by atoms with E-state index in [2.05, 4.69) is 121 Å². The second-order valence-corrected chi connectivity index (χ2v) is 17.5. The summed E-state index contributed by atoms with van der Waals surface area (Å²) in [6.07, 6.45) is 6.29. The predicted molar refractivity (Wildman–Crippen MR) is 216 cm³/mol. The van der Waals surface area contributed by atoms with Crippen molar-refractivity contribution in [2.24, 2.45) is 11.8 Å². The Labute approximate surface area is 314 Å². The lowest BCUT2D eigenvalue weighted by molar-refractivity contribution is 0.166. The Hall–Kier alpha value is -5.90. The van der Waals surface area contributed by atoms with Crippen molar-refractivity contribution in [2.75, 3.05) is 0 Å². The molecule has 3 heteroatoms. The van der Waals surface area contributed by atoms with Gasteiger partial charge in [-0.05, 0) is 161 Å². The molecule has 6 aromatic carbocycles. The number of aryl methyl sites for hydroxylation is 2. The lowest BCUT2D eigenvalue weighted by atomic mass is 9.59. The first-order valence-electron chi connectivity index (χ1n) is 20.0. The first kappa shape index (κ1) is 29.5. The van der Waals surface area contributed by atoms with Crippen LogP contribution in [0.25, 0.3) is 49.2 Å². The molecule has 2 atom stereocenters. The maximum atomic E-state index is 11.1. The van der Waals surface area contributed by atoms with E-state index in [1.54, 1.807) is 0 Å². The van der Waals surface area contributed by atoms with Crippen molar-refractivity contribution < 1.29 is 0 Å². The Bertz CT molecular complexity index is 3040. The third-order valence-electron chi connectivity index (χ3n) is 14.9. The largest absolute Gasteiger partial charge is 0.308 e. The molecule has 15 rings (SSSR count). The molecule has 2 heterocycles. The van der Waals surface area contributed by atoms with Crippen LogP contribution >= 0.6 is 0 Å². The number of rotatable bonds is 1. The maximum absolute atomic E-state index is 11.1. The zero-order valence-electron chi connectivity index (χ0n) is 30.5. The van der Waals surface area contributed by atoms with Gasteiger partial charge in [-0.1, -0.05) is 66.7 Å². The predicted octanol–water partition coefficient (Wildman–Crippen LogP) is 12.2. The van der Waals surface area contributed by atoms with E-state index in [4.69, 9.17) is 0 Å². The van der Waals surface area contributed by atoms with Gasteiger partial charge in [0, 0.05) is 33.4 Å². The molecule has 7 aliphatic carbocycles. The zero-order chi connectivity index (χ0) is 35.7. The van der Waals surface area contributed by atoms with Crippen molar-refractivity contribution in [1.82, 2.24) is 4.40 Å². The van der Waals surface area contributed by atoms with Gasteiger partial charge in [0.05, 0.1) is 39.8 Å². The normalized spacial score (nSPS) is 24.1. The van der Waals surface area contributed by atoms with Gasteiger partial charge in [0.1, 0.15) is 0 Å². The lowest BCUT2D eigenvalue weighted by Crippen LogP contribution is -2.28. The minimum atomic E-state index is 0.0121. The molecule has 2 aromatic heterocycles. The maximum Gasteiger partial charge on any atom is 0.0995 e. The van der Waals surface area contributed by atoms with E-state index in [1.807, 2.05) is 0 Å². The van der Waals surface area contributed by atoms with Crippen molar-refractivity contribution in [2.45, 2.75) is 69.6 Å². The highest BCUT2D eigenvalue weighted by molar-refractivity contribution is 6.26. The van der Waals surface area contributed by atoms with Gasteiger partial charge < -0.3 is 4.40 Å². The summed E-state index contributed by atoms with van der Waals surface area (Å²) in [7, 11) is 0. The number of fused-ring (bicyclic) bond motifs is 6. The second kappa shape index (κ2) is 9.99. The number of hydrogen-bond acceptors (Lipinski definition) is 2. The molecule has 2 fully saturated rings. The van der Waals surface area contributed by atoms with Crippen LogP contribution in [0.3, 0.4) is 0 Å². The van der Waals surface area contributed by atoms with E-state index >= 15 is 0 Å². The van der Waals surface area contributed by atoms with Crippen molar-refractivity contribution in [1.29, 1.82) is 10.5 Å². The van der Waals surface area contributed by atoms with Gasteiger partial charge in [-0.15, -0.1) is 0 Å². The summed E-state index contributed by atoms with van der Waals surface area (Å²) < 4.78 is 2.49. The van der Waals surface area contributed by atoms with Gasteiger partial charge in [0.15, 0.2) is 0 Å². The van der Waals surface area contributed by atoms with E-state index in [-0.39, 0.29) is 11.8 Å². The zero-order valence-corrected chi connectivity index (χ0v) is 30.5. The van der Waals surface area contributed by atoms with Gasteiger partial charge in [0.2, 0.25) is 0 Å². The molecule has 3 nitrogen and oxygen atoms in total. The number of nitrogens with zero attached hydrogens (tertiary/aromatic N) is 3. The van der Waals surface area contributed by atoms with E-state index < -0.39 is 0 Å². The Morgan fingerprint density at radius 2 is 1.02 bits per heavy atom. The fourth-order valence-corrected chi connectivity index (χ4v) is 13.4. The molecule has 6 bridgehead atoms. The summed E-state index contributed by atoms with van der Waals surface area (Å²) in [4.78, 5) is 0. The summed E-state index contributed by atoms with van der Waals surface area (Å²) in [6, 6.07) is 39.5. The molecule has 7 aliphatic rings. The van der Waals surface area contributed by atoms with Crippen LogP contribution in [0.2, 0.25) is 0 Å². The van der Waals surface area contributed by atoms with Crippen LogP contribution in [0, 0.1) is 48.3 Å². The number of benzene rings is 6. The SMILES string of the molecule is Cc1cccc(C)c1-c1cc2c3c4c(c(C#N)cc3n3c5cc(C#N)c6c(c5c(c1)c23)C1c2ccccc2C6c2ccccc21)C1CC2CC(C1)CC4C2. The highest BCUT2D eigenvalue weighted by Gasteiger charge is 2.46. The number of nitriles is 2. The molecule has 0 N–H and O–H groups in total. The van der Waals surface area contributed by atoms with Crippen LogP contribution in [-0.4, -0.2) is 4.40 Å². The first-order chi connectivity index (χ1) is 26.5. The first-order valence-corrected chi connectivity index (χ1v) is 20.0. The van der Waals surface area contributed by atoms with Crippen LogP contribution in [0.4, 0.5) is 0 Å². The number of aromatic nitrogens is 1. The smallest absolute Gasteiger partial charge is 0.0995 e. The molecular weight excluding hydrogens is 655 g/mol. The van der Waals surface area contributed by atoms with Crippen LogP contribution in [0.5, 0.6) is 0 Å². The van der Waals surface area contributed by atoms with Gasteiger partial charge in [-0.3, -0.25) is 0 Å². The third-order valence-corrected chi connectivity index (χ3v) is 14.9. The van der Waals surface area contributed by atoms with E-state index in [1.165, 1.54) is 126 Å². The van der Waals surface area contributed by atoms with E-state index in [0.717, 1.165) is 34.0 Å². The van der Waals surface area contributed by atoms with Crippen molar-refractivity contribution in [3.05, 3.63) is 158 Å². The average molecular weight is 692 g/mol. The van der Waals surface area contributed by atoms with Crippen molar-refractivity contribution >= 4 is 38.1 Å². The fourth-order valence-electron chi connectivity index (χ4n) is 13.4. The molecular formula is C51H37N3.